The van der Waals surface area contributed by atoms with Crippen molar-refractivity contribution in [2.24, 2.45) is 5.92 Å². The molecule has 1 heterocycles. The van der Waals surface area contributed by atoms with Gasteiger partial charge in [0.25, 0.3) is 0 Å². The maximum atomic E-state index is 11.4. The minimum Gasteiger partial charge on any atom is -0.489 e. The molecule has 0 aliphatic carbocycles. The van der Waals surface area contributed by atoms with E-state index in [1.165, 1.54) is 0 Å². The van der Waals surface area contributed by atoms with Crippen LogP contribution < -0.4 is 9.47 Å². The Kier molecular flexibility index (Phi) is 8.00. The minimum atomic E-state index is -1.01. The van der Waals surface area contributed by atoms with Crippen LogP contribution in [0.5, 0.6) is 11.5 Å². The average Bonchev–Trinajstić information content (AvgIpc) is 2.86. The summed E-state index contributed by atoms with van der Waals surface area (Å²) in [5.74, 6) is -0.484. The number of ether oxygens (including phenoxy) is 2. The highest BCUT2D eigenvalue weighted by atomic mass is 32.1. The van der Waals surface area contributed by atoms with E-state index in [1.54, 1.807) is 0 Å². The van der Waals surface area contributed by atoms with Gasteiger partial charge in [0, 0.05) is 17.9 Å². The first-order valence-electron chi connectivity index (χ1n) is 11.2. The second kappa shape index (κ2) is 11.5. The topological polar surface area (TPSA) is 85.7 Å². The molecule has 7 heteroatoms. The highest BCUT2D eigenvalue weighted by Gasteiger charge is 2.20. The fourth-order valence-electron chi connectivity index (χ4n) is 3.75. The number of rotatable bonds is 11. The van der Waals surface area contributed by atoms with E-state index in [1.807, 2.05) is 84.9 Å². The van der Waals surface area contributed by atoms with E-state index in [0.717, 1.165) is 27.7 Å². The molecule has 6 nitrogen and oxygen atoms in total. The predicted octanol–water partition coefficient (Wildman–Crippen LogP) is 5.48. The number of carboxylic acids is 1. The summed E-state index contributed by atoms with van der Waals surface area (Å²) in [5, 5.41) is 10.0. The van der Waals surface area contributed by atoms with Gasteiger partial charge < -0.3 is 14.6 Å². The number of hydrogen-bond acceptors (Lipinski definition) is 5. The molecule has 1 aromatic heterocycles. The number of thiol groups is 1. The second-order valence-corrected chi connectivity index (χ2v) is 8.70. The van der Waals surface area contributed by atoms with Gasteiger partial charge in [-0.05, 0) is 41.8 Å². The molecule has 1 atom stereocenters. The highest BCUT2D eigenvalue weighted by Crippen LogP contribution is 2.22. The molecule has 0 aliphatic rings. The number of hydrogen-bond donors (Lipinski definition) is 2. The number of fused-ring (bicyclic) bond motifs is 1. The van der Waals surface area contributed by atoms with E-state index in [2.05, 4.69) is 17.6 Å². The molecule has 0 spiro atoms. The van der Waals surface area contributed by atoms with Crippen molar-refractivity contribution in [3.63, 3.8) is 0 Å². The highest BCUT2D eigenvalue weighted by molar-refractivity contribution is 7.96. The normalized spacial score (nSPS) is 11.7. The van der Waals surface area contributed by atoms with E-state index >= 15 is 0 Å². The first-order chi connectivity index (χ1) is 17.0. The number of benzene rings is 3. The third kappa shape index (κ3) is 7.07. The van der Waals surface area contributed by atoms with Crippen LogP contribution >= 0.6 is 12.6 Å². The standard InChI is InChI=1S/C28H25NO5S/c30-27(35)15-22(28(31)32)14-19-5-3-6-20(13-19)17-33-24-8-4-9-25(16-24)34-18-23-12-11-21-7-1-2-10-26(21)29-23/h1-13,16,22H,14-15,17-18H2,(H,30,35)(H,31,32). The summed E-state index contributed by atoms with van der Waals surface area (Å²) in [6.45, 7) is 0.655. The largest absolute Gasteiger partial charge is 0.489 e. The quantitative estimate of drug-likeness (QED) is 0.273. The van der Waals surface area contributed by atoms with E-state index in [-0.39, 0.29) is 12.8 Å². The molecular weight excluding hydrogens is 462 g/mol. The van der Waals surface area contributed by atoms with Crippen LogP contribution in [0.25, 0.3) is 10.9 Å². The van der Waals surface area contributed by atoms with Gasteiger partial charge >= 0.3 is 5.97 Å². The van der Waals surface area contributed by atoms with Crippen molar-refractivity contribution >= 4 is 34.6 Å². The molecule has 0 aliphatic heterocycles. The molecule has 0 bridgehead atoms. The molecule has 0 fully saturated rings. The molecule has 35 heavy (non-hydrogen) atoms. The third-order valence-corrected chi connectivity index (χ3v) is 5.68. The molecule has 1 unspecified atom stereocenters. The average molecular weight is 488 g/mol. The van der Waals surface area contributed by atoms with Crippen molar-refractivity contribution in [2.75, 3.05) is 0 Å². The lowest BCUT2D eigenvalue weighted by atomic mass is 9.96. The zero-order chi connectivity index (χ0) is 24.6. The van der Waals surface area contributed by atoms with Gasteiger partial charge in [-0.25, -0.2) is 4.98 Å². The number of nitrogens with zero attached hydrogens (tertiary/aromatic N) is 1. The molecular formula is C28H25NO5S. The summed E-state index contributed by atoms with van der Waals surface area (Å²) < 4.78 is 11.9. The van der Waals surface area contributed by atoms with E-state index in [9.17, 15) is 14.7 Å². The lowest BCUT2D eigenvalue weighted by Crippen LogP contribution is -2.18. The van der Waals surface area contributed by atoms with Crippen molar-refractivity contribution in [1.29, 1.82) is 0 Å². The zero-order valence-corrected chi connectivity index (χ0v) is 19.9. The number of aromatic nitrogens is 1. The molecule has 4 aromatic rings. The van der Waals surface area contributed by atoms with Gasteiger partial charge in [-0.2, -0.15) is 0 Å². The first-order valence-corrected chi connectivity index (χ1v) is 11.6. The summed E-state index contributed by atoms with van der Waals surface area (Å²) in [7, 11) is 0. The fourth-order valence-corrected chi connectivity index (χ4v) is 3.98. The van der Waals surface area contributed by atoms with Crippen molar-refractivity contribution in [2.45, 2.75) is 26.1 Å². The Morgan fingerprint density at radius 2 is 1.54 bits per heavy atom. The maximum Gasteiger partial charge on any atom is 0.307 e. The Morgan fingerprint density at radius 1 is 0.829 bits per heavy atom. The summed E-state index contributed by atoms with van der Waals surface area (Å²) in [6, 6.07) is 26.8. The van der Waals surface area contributed by atoms with Crippen LogP contribution in [0.1, 0.15) is 23.2 Å². The first kappa shape index (κ1) is 24.3. The molecule has 178 valence electrons. The Morgan fingerprint density at radius 3 is 2.31 bits per heavy atom. The van der Waals surface area contributed by atoms with Gasteiger partial charge in [0.2, 0.25) is 0 Å². The molecule has 0 amide bonds. The van der Waals surface area contributed by atoms with Crippen LogP contribution in [0.3, 0.4) is 0 Å². The van der Waals surface area contributed by atoms with Crippen molar-refractivity contribution in [1.82, 2.24) is 4.98 Å². The van der Waals surface area contributed by atoms with Crippen LogP contribution in [-0.4, -0.2) is 21.2 Å². The van der Waals surface area contributed by atoms with Gasteiger partial charge in [-0.15, -0.1) is 12.6 Å². The smallest absolute Gasteiger partial charge is 0.307 e. The molecule has 1 N–H and O–H groups in total. The number of carboxylic acid groups (broad SMARTS) is 1. The SMILES string of the molecule is O=C(S)CC(Cc1cccc(COc2cccc(OCc3ccc4ccccc4n3)c2)c1)C(=O)O. The van der Waals surface area contributed by atoms with Crippen molar-refractivity contribution < 1.29 is 24.2 Å². The molecule has 0 radical (unpaired) electrons. The van der Waals surface area contributed by atoms with Crippen LogP contribution in [0.4, 0.5) is 0 Å². The second-order valence-electron chi connectivity index (χ2n) is 8.20. The number of para-hydroxylation sites is 1. The molecule has 3 aromatic carbocycles. The maximum absolute atomic E-state index is 11.4. The summed E-state index contributed by atoms with van der Waals surface area (Å²) in [4.78, 5) is 27.3. The minimum absolute atomic E-state index is 0.110. The Balaban J connectivity index is 1.35. The Hall–Kier alpha value is -3.84. The molecule has 0 saturated heterocycles. The van der Waals surface area contributed by atoms with Crippen molar-refractivity contribution in [3.8, 4) is 11.5 Å². The van der Waals surface area contributed by atoms with Crippen LogP contribution in [0, 0.1) is 5.92 Å². The molecule has 4 rings (SSSR count). The van der Waals surface area contributed by atoms with E-state index in [0.29, 0.717) is 24.7 Å². The number of carbonyl (C=O) groups is 2. The van der Waals surface area contributed by atoms with Gasteiger partial charge in [-0.3, -0.25) is 9.59 Å². The summed E-state index contributed by atoms with van der Waals surface area (Å²) in [6.07, 6.45) is 0.141. The number of pyridine rings is 1. The fraction of sp³-hybridized carbons (Fsp3) is 0.179. The predicted molar refractivity (Wildman–Crippen MR) is 137 cm³/mol. The van der Waals surface area contributed by atoms with E-state index in [4.69, 9.17) is 9.47 Å². The van der Waals surface area contributed by atoms with Gasteiger partial charge in [-0.1, -0.05) is 54.6 Å². The van der Waals surface area contributed by atoms with Crippen LogP contribution in [0.15, 0.2) is 84.9 Å². The van der Waals surface area contributed by atoms with Crippen LogP contribution in [0.2, 0.25) is 0 Å². The number of aliphatic carboxylic acids is 1. The Labute approximate surface area is 209 Å². The van der Waals surface area contributed by atoms with Gasteiger partial charge in [0.15, 0.2) is 5.12 Å². The lowest BCUT2D eigenvalue weighted by Gasteiger charge is -2.12. The molecule has 0 saturated carbocycles. The Bertz CT molecular complexity index is 1340. The summed E-state index contributed by atoms with van der Waals surface area (Å²) >= 11 is 3.71. The van der Waals surface area contributed by atoms with Crippen molar-refractivity contribution in [3.05, 3.63) is 102 Å². The number of carbonyl (C=O) groups excluding carboxylic acids is 1. The monoisotopic (exact) mass is 487 g/mol. The lowest BCUT2D eigenvalue weighted by molar-refractivity contribution is -0.143. The van der Waals surface area contributed by atoms with Gasteiger partial charge in [0.1, 0.15) is 24.7 Å². The summed E-state index contributed by atoms with van der Waals surface area (Å²) in [5.41, 5.74) is 3.49. The zero-order valence-electron chi connectivity index (χ0n) is 19.0. The van der Waals surface area contributed by atoms with Gasteiger partial charge in [0.05, 0.1) is 17.1 Å². The third-order valence-electron chi connectivity index (χ3n) is 5.50. The van der Waals surface area contributed by atoms with E-state index < -0.39 is 17.0 Å². The van der Waals surface area contributed by atoms with Crippen LogP contribution in [-0.2, 0) is 29.2 Å².